The van der Waals surface area contributed by atoms with Gasteiger partial charge in [-0.3, -0.25) is 9.78 Å². The van der Waals surface area contributed by atoms with Gasteiger partial charge in [0.15, 0.2) is 0 Å². The smallest absolute Gasteiger partial charge is 0.274 e. The van der Waals surface area contributed by atoms with Gasteiger partial charge in [0, 0.05) is 25.5 Å². The van der Waals surface area contributed by atoms with Crippen molar-refractivity contribution in [3.63, 3.8) is 0 Å². The van der Waals surface area contributed by atoms with Crippen LogP contribution >= 0.6 is 0 Å². The average Bonchev–Trinajstić information content (AvgIpc) is 2.75. The van der Waals surface area contributed by atoms with Crippen LogP contribution in [0.5, 0.6) is 0 Å². The van der Waals surface area contributed by atoms with E-state index in [0.717, 1.165) is 12.3 Å². The molecule has 1 amide bonds. The monoisotopic (exact) mass is 219 g/mol. The predicted octanol–water partition coefficient (Wildman–Crippen LogP) is 1.83. The molecule has 1 N–H and O–H groups in total. The van der Waals surface area contributed by atoms with Crippen molar-refractivity contribution in [3.05, 3.63) is 48.3 Å². The van der Waals surface area contributed by atoms with Crippen molar-refractivity contribution in [2.45, 2.75) is 0 Å². The molecule has 5 heteroatoms. The molecule has 2 aromatic heterocycles. The Labute approximate surface area is 91.7 Å². The van der Waals surface area contributed by atoms with Crippen molar-refractivity contribution in [2.75, 3.05) is 11.9 Å². The third kappa shape index (κ3) is 1.93. The van der Waals surface area contributed by atoms with Crippen molar-refractivity contribution in [1.82, 2.24) is 9.97 Å². The largest absolute Gasteiger partial charge is 0.355 e. The third-order valence-electron chi connectivity index (χ3n) is 2.22. The molecule has 82 valence electrons. The predicted molar refractivity (Wildman–Crippen MR) is 57.7 cm³/mol. The highest BCUT2D eigenvalue weighted by molar-refractivity contribution is 6.04. The highest BCUT2D eigenvalue weighted by atomic mass is 19.1. The van der Waals surface area contributed by atoms with E-state index in [1.54, 1.807) is 31.6 Å². The molecule has 0 fully saturated rings. The van der Waals surface area contributed by atoms with Crippen LogP contribution < -0.4 is 4.90 Å². The Bertz CT molecular complexity index is 495. The molecule has 0 saturated heterocycles. The van der Waals surface area contributed by atoms with Gasteiger partial charge in [0.05, 0.1) is 11.9 Å². The quantitative estimate of drug-likeness (QED) is 0.837. The lowest BCUT2D eigenvalue weighted by Gasteiger charge is -2.15. The number of hydrogen-bond donors (Lipinski definition) is 1. The van der Waals surface area contributed by atoms with E-state index in [9.17, 15) is 9.18 Å². The van der Waals surface area contributed by atoms with E-state index in [2.05, 4.69) is 9.97 Å². The Hall–Kier alpha value is -2.17. The van der Waals surface area contributed by atoms with Crippen LogP contribution in [0.3, 0.4) is 0 Å². The van der Waals surface area contributed by atoms with Gasteiger partial charge >= 0.3 is 0 Å². The van der Waals surface area contributed by atoms with Crippen LogP contribution in [0.4, 0.5) is 10.1 Å². The lowest BCUT2D eigenvalue weighted by Crippen LogP contribution is -2.26. The van der Waals surface area contributed by atoms with Crippen molar-refractivity contribution in [1.29, 1.82) is 0 Å². The maximum Gasteiger partial charge on any atom is 0.274 e. The van der Waals surface area contributed by atoms with Gasteiger partial charge in [-0.1, -0.05) is 0 Å². The zero-order valence-electron chi connectivity index (χ0n) is 8.64. The summed E-state index contributed by atoms with van der Waals surface area (Å²) in [4.78, 5) is 19.7. The molecule has 2 aromatic rings. The van der Waals surface area contributed by atoms with Crippen LogP contribution in [0.15, 0.2) is 36.8 Å². The summed E-state index contributed by atoms with van der Waals surface area (Å²) in [6.07, 6.45) is 4.33. The zero-order valence-corrected chi connectivity index (χ0v) is 8.64. The number of aromatic nitrogens is 2. The van der Waals surface area contributed by atoms with Crippen molar-refractivity contribution < 1.29 is 9.18 Å². The fourth-order valence-electron chi connectivity index (χ4n) is 1.34. The topological polar surface area (TPSA) is 49.0 Å². The number of rotatable bonds is 2. The normalized spacial score (nSPS) is 10.1. The van der Waals surface area contributed by atoms with E-state index < -0.39 is 5.82 Å². The summed E-state index contributed by atoms with van der Waals surface area (Å²) in [6, 6.07) is 4.65. The van der Waals surface area contributed by atoms with E-state index in [0.29, 0.717) is 5.69 Å². The molecule has 16 heavy (non-hydrogen) atoms. The Morgan fingerprint density at radius 3 is 2.94 bits per heavy atom. The van der Waals surface area contributed by atoms with Crippen LogP contribution in [-0.2, 0) is 0 Å². The lowest BCUT2D eigenvalue weighted by atomic mass is 10.3. The number of nitrogens with one attached hydrogen (secondary N) is 1. The summed E-state index contributed by atoms with van der Waals surface area (Å²) in [7, 11) is 1.61. The first-order valence-corrected chi connectivity index (χ1v) is 4.70. The summed E-state index contributed by atoms with van der Waals surface area (Å²) < 4.78 is 12.7. The van der Waals surface area contributed by atoms with Gasteiger partial charge in [-0.15, -0.1) is 0 Å². The number of aromatic amines is 1. The molecular formula is C11H10FN3O. The van der Waals surface area contributed by atoms with Gasteiger partial charge in [-0.25, -0.2) is 4.39 Å². The molecule has 0 saturated carbocycles. The first-order valence-electron chi connectivity index (χ1n) is 4.70. The van der Waals surface area contributed by atoms with Gasteiger partial charge in [0.25, 0.3) is 5.91 Å². The average molecular weight is 219 g/mol. The van der Waals surface area contributed by atoms with E-state index in [1.165, 1.54) is 4.90 Å². The van der Waals surface area contributed by atoms with E-state index in [4.69, 9.17) is 0 Å². The number of pyridine rings is 1. The van der Waals surface area contributed by atoms with Crippen LogP contribution in [0.25, 0.3) is 0 Å². The summed E-state index contributed by atoms with van der Waals surface area (Å²) in [5.41, 5.74) is 0.867. The number of anilines is 1. The second-order valence-electron chi connectivity index (χ2n) is 3.31. The summed E-state index contributed by atoms with van der Waals surface area (Å²) >= 11 is 0. The van der Waals surface area contributed by atoms with E-state index in [-0.39, 0.29) is 11.6 Å². The van der Waals surface area contributed by atoms with Gasteiger partial charge < -0.3 is 9.88 Å². The fraction of sp³-hybridized carbons (Fsp3) is 0.0909. The molecule has 0 unspecified atom stereocenters. The second-order valence-corrected chi connectivity index (χ2v) is 3.31. The standard InChI is InChI=1S/C11H10FN3O/c1-15(9-3-2-4-13-7-9)11(16)10-5-8(12)6-14-10/h2-7,14H,1H3. The molecular weight excluding hydrogens is 209 g/mol. The number of hydrogen-bond acceptors (Lipinski definition) is 2. The van der Waals surface area contributed by atoms with Gasteiger partial charge in [0.1, 0.15) is 11.5 Å². The minimum absolute atomic E-state index is 0.212. The highest BCUT2D eigenvalue weighted by Crippen LogP contribution is 2.13. The fourth-order valence-corrected chi connectivity index (χ4v) is 1.34. The molecule has 0 aromatic carbocycles. The Morgan fingerprint density at radius 1 is 1.56 bits per heavy atom. The number of H-pyrrole nitrogens is 1. The van der Waals surface area contributed by atoms with Crippen LogP contribution in [0.2, 0.25) is 0 Å². The number of halogens is 1. The maximum atomic E-state index is 12.7. The van der Waals surface area contributed by atoms with Gasteiger partial charge in [0.2, 0.25) is 0 Å². The molecule has 0 spiro atoms. The van der Waals surface area contributed by atoms with Crippen LogP contribution in [0, 0.1) is 5.82 Å². The van der Waals surface area contributed by atoms with E-state index >= 15 is 0 Å². The number of nitrogens with zero attached hydrogens (tertiary/aromatic N) is 2. The minimum atomic E-state index is -0.456. The number of carbonyl (C=O) groups excluding carboxylic acids is 1. The maximum absolute atomic E-state index is 12.7. The molecule has 0 aliphatic carbocycles. The summed E-state index contributed by atoms with van der Waals surface area (Å²) in [5, 5.41) is 0. The second kappa shape index (κ2) is 4.14. The Balaban J connectivity index is 2.23. The molecule has 0 radical (unpaired) electrons. The molecule has 2 heterocycles. The first-order chi connectivity index (χ1) is 7.68. The molecule has 0 bridgehead atoms. The molecule has 0 aliphatic rings. The number of amides is 1. The van der Waals surface area contributed by atoms with Gasteiger partial charge in [-0.05, 0) is 12.1 Å². The minimum Gasteiger partial charge on any atom is -0.355 e. The van der Waals surface area contributed by atoms with Crippen molar-refractivity contribution >= 4 is 11.6 Å². The SMILES string of the molecule is CN(C(=O)c1cc(F)c[nH]1)c1cccnc1. The first kappa shape index (κ1) is 10.4. The van der Waals surface area contributed by atoms with Crippen molar-refractivity contribution in [3.8, 4) is 0 Å². The third-order valence-corrected chi connectivity index (χ3v) is 2.22. The Morgan fingerprint density at radius 2 is 2.38 bits per heavy atom. The summed E-state index contributed by atoms with van der Waals surface area (Å²) in [6.45, 7) is 0. The number of carbonyl (C=O) groups is 1. The molecule has 2 rings (SSSR count). The molecule has 0 atom stereocenters. The highest BCUT2D eigenvalue weighted by Gasteiger charge is 2.15. The zero-order chi connectivity index (χ0) is 11.5. The van der Waals surface area contributed by atoms with Crippen LogP contribution in [-0.4, -0.2) is 22.9 Å². The Kier molecular flexibility index (Phi) is 2.68. The van der Waals surface area contributed by atoms with Gasteiger partial charge in [-0.2, -0.15) is 0 Å². The molecule has 0 aliphatic heterocycles. The van der Waals surface area contributed by atoms with Crippen LogP contribution in [0.1, 0.15) is 10.5 Å². The molecule has 4 nitrogen and oxygen atoms in total. The lowest BCUT2D eigenvalue weighted by molar-refractivity contribution is 0.0988. The van der Waals surface area contributed by atoms with E-state index in [1.807, 2.05) is 0 Å². The summed E-state index contributed by atoms with van der Waals surface area (Å²) in [5.74, 6) is -0.764. The van der Waals surface area contributed by atoms with Crippen molar-refractivity contribution in [2.24, 2.45) is 0 Å².